The molecule has 0 saturated heterocycles. The molecular weight excluding hydrogens is 494 g/mol. The number of hydrogen-bond donors (Lipinski definition) is 1. The van der Waals surface area contributed by atoms with E-state index in [9.17, 15) is 18.4 Å². The van der Waals surface area contributed by atoms with Crippen molar-refractivity contribution >= 4 is 40.1 Å². The van der Waals surface area contributed by atoms with E-state index in [1.54, 1.807) is 29.3 Å². The van der Waals surface area contributed by atoms with Crippen LogP contribution in [0.25, 0.3) is 0 Å². The summed E-state index contributed by atoms with van der Waals surface area (Å²) in [6.07, 6.45) is 0.427. The van der Waals surface area contributed by atoms with Crippen molar-refractivity contribution in [2.45, 2.75) is 38.0 Å². The van der Waals surface area contributed by atoms with E-state index < -0.39 is 11.2 Å². The fourth-order valence-electron chi connectivity index (χ4n) is 4.25. The molecule has 0 aliphatic carbocycles. The lowest BCUT2D eigenvalue weighted by Gasteiger charge is -2.23. The van der Waals surface area contributed by atoms with Gasteiger partial charge in [-0.05, 0) is 72.5 Å². The molecule has 2 aliphatic rings. The molecule has 0 spiro atoms. The zero-order valence-electron chi connectivity index (χ0n) is 20.2. The van der Waals surface area contributed by atoms with E-state index in [2.05, 4.69) is 10.3 Å². The van der Waals surface area contributed by atoms with Crippen LogP contribution in [0.2, 0.25) is 0 Å². The normalized spacial score (nSPS) is 19.1. The Bertz CT molecular complexity index is 1420. The quantitative estimate of drug-likeness (QED) is 0.466. The Hall–Kier alpha value is -3.85. The Morgan fingerprint density at radius 3 is 2.35 bits per heavy atom. The van der Waals surface area contributed by atoms with Crippen LogP contribution in [0.3, 0.4) is 0 Å². The lowest BCUT2D eigenvalue weighted by atomic mass is 9.98. The van der Waals surface area contributed by atoms with E-state index in [0.717, 1.165) is 22.3 Å². The van der Waals surface area contributed by atoms with Crippen LogP contribution in [0, 0.1) is 25.5 Å². The maximum Gasteiger partial charge on any atom is 0.262 e. The van der Waals surface area contributed by atoms with Crippen molar-refractivity contribution in [3.63, 3.8) is 0 Å². The third-order valence-corrected chi connectivity index (χ3v) is 7.57. The second-order valence-corrected chi connectivity index (χ2v) is 10.2. The smallest absolute Gasteiger partial charge is 0.262 e. The number of nitrogens with one attached hydrogen (secondary N) is 1. The second-order valence-electron chi connectivity index (χ2n) is 9.06. The third-order valence-electron chi connectivity index (χ3n) is 6.43. The number of carbonyl (C=O) groups excluding carboxylic acids is 2. The Balaban J connectivity index is 1.34. The molecule has 0 aromatic heterocycles. The molecule has 0 fully saturated rings. The summed E-state index contributed by atoms with van der Waals surface area (Å²) < 4.78 is 27.0. The number of benzene rings is 3. The van der Waals surface area contributed by atoms with E-state index in [-0.39, 0.29) is 30.0 Å². The van der Waals surface area contributed by atoms with Gasteiger partial charge in [0.25, 0.3) is 5.91 Å². The van der Waals surface area contributed by atoms with Gasteiger partial charge in [-0.2, -0.15) is 10.1 Å². The number of carbonyl (C=O) groups is 2. The Morgan fingerprint density at radius 2 is 1.68 bits per heavy atom. The maximum absolute atomic E-state index is 13.6. The van der Waals surface area contributed by atoms with Gasteiger partial charge in [-0.25, -0.2) is 13.8 Å². The van der Waals surface area contributed by atoms with Gasteiger partial charge in [0, 0.05) is 18.5 Å². The van der Waals surface area contributed by atoms with E-state index in [0.29, 0.717) is 23.0 Å². The minimum atomic E-state index is -0.680. The number of amidine groups is 1. The minimum absolute atomic E-state index is 0.0347. The Morgan fingerprint density at radius 1 is 1.00 bits per heavy atom. The van der Waals surface area contributed by atoms with Gasteiger partial charge in [-0.1, -0.05) is 42.1 Å². The zero-order chi connectivity index (χ0) is 26.1. The van der Waals surface area contributed by atoms with Crippen molar-refractivity contribution in [1.82, 2.24) is 5.01 Å². The van der Waals surface area contributed by atoms with Gasteiger partial charge in [0.2, 0.25) is 5.91 Å². The first-order valence-electron chi connectivity index (χ1n) is 11.8. The number of hydrogen-bond acceptors (Lipinski definition) is 5. The fraction of sp³-hybridized carbons (Fsp3) is 0.214. The molecule has 188 valence electrons. The summed E-state index contributed by atoms with van der Waals surface area (Å²) in [4.78, 5) is 29.7. The highest BCUT2D eigenvalue weighted by molar-refractivity contribution is 8.15. The Kier molecular flexibility index (Phi) is 6.88. The summed E-state index contributed by atoms with van der Waals surface area (Å²) in [5, 5.41) is 8.91. The summed E-state index contributed by atoms with van der Waals surface area (Å²) in [6, 6.07) is 17.4. The van der Waals surface area contributed by atoms with Crippen LogP contribution >= 0.6 is 11.8 Å². The van der Waals surface area contributed by atoms with Crippen molar-refractivity contribution in [2.24, 2.45) is 10.1 Å². The number of anilines is 1. The van der Waals surface area contributed by atoms with Crippen LogP contribution in [0.4, 0.5) is 14.5 Å². The number of rotatable bonds is 5. The third kappa shape index (κ3) is 5.46. The van der Waals surface area contributed by atoms with Crippen LogP contribution in [-0.4, -0.2) is 33.0 Å². The lowest BCUT2D eigenvalue weighted by molar-refractivity contribution is -0.121. The predicted octanol–water partition coefficient (Wildman–Crippen LogP) is 5.76. The molecule has 6 nitrogen and oxygen atoms in total. The Labute approximate surface area is 217 Å². The summed E-state index contributed by atoms with van der Waals surface area (Å²) >= 11 is 1.19. The minimum Gasteiger partial charge on any atom is -0.326 e. The molecule has 0 radical (unpaired) electrons. The van der Waals surface area contributed by atoms with Gasteiger partial charge in [0.15, 0.2) is 5.17 Å². The molecule has 2 aliphatic heterocycles. The van der Waals surface area contributed by atoms with Gasteiger partial charge >= 0.3 is 0 Å². The number of aryl methyl sites for hydroxylation is 2. The first-order valence-corrected chi connectivity index (χ1v) is 12.7. The number of halogens is 2. The number of thioether (sulfide) groups is 1. The van der Waals surface area contributed by atoms with E-state index >= 15 is 0 Å². The average Bonchev–Trinajstić information content (AvgIpc) is 3.46. The molecule has 3 aromatic rings. The summed E-state index contributed by atoms with van der Waals surface area (Å²) in [5.74, 6) is -1.39. The molecule has 2 heterocycles. The highest BCUT2D eigenvalue weighted by atomic mass is 32.2. The molecule has 0 unspecified atom stereocenters. The SMILES string of the molecule is Cc1ccc(NC(=O)C[C@H]2SC(N3N=C(c4ccc(F)cc4)C[C@@H]3c3ccc(F)cc3)=NC2=O)cc1C. The number of nitrogens with zero attached hydrogens (tertiary/aromatic N) is 3. The van der Waals surface area contributed by atoms with E-state index in [1.807, 2.05) is 32.0 Å². The van der Waals surface area contributed by atoms with Crippen molar-refractivity contribution in [3.05, 3.63) is 101 Å². The van der Waals surface area contributed by atoms with Crippen molar-refractivity contribution < 1.29 is 18.4 Å². The van der Waals surface area contributed by atoms with Gasteiger partial charge in [-0.15, -0.1) is 0 Å². The molecule has 0 bridgehead atoms. The van der Waals surface area contributed by atoms with Crippen LogP contribution in [0.5, 0.6) is 0 Å². The van der Waals surface area contributed by atoms with Gasteiger partial charge in [0.05, 0.1) is 11.8 Å². The summed E-state index contributed by atoms with van der Waals surface area (Å²) in [6.45, 7) is 3.96. The van der Waals surface area contributed by atoms with Crippen molar-refractivity contribution in [1.29, 1.82) is 0 Å². The largest absolute Gasteiger partial charge is 0.326 e. The van der Waals surface area contributed by atoms with Crippen LogP contribution in [-0.2, 0) is 9.59 Å². The topological polar surface area (TPSA) is 74.1 Å². The standard InChI is InChI=1S/C28H24F2N4O2S/c1-16-3-12-22(13-17(16)2)31-26(35)15-25-27(36)32-28(37-25)34-24(19-6-10-21(30)11-7-19)14-23(33-34)18-4-8-20(29)9-5-18/h3-13,24-25H,14-15H2,1-2H3,(H,31,35)/t24-,25-/m1/s1. The highest BCUT2D eigenvalue weighted by Gasteiger charge is 2.39. The molecule has 9 heteroatoms. The molecular formula is C28H24F2N4O2S. The zero-order valence-corrected chi connectivity index (χ0v) is 21.1. The lowest BCUT2D eigenvalue weighted by Crippen LogP contribution is -2.25. The molecule has 0 saturated carbocycles. The molecule has 2 amide bonds. The molecule has 1 N–H and O–H groups in total. The predicted molar refractivity (Wildman–Crippen MR) is 142 cm³/mol. The van der Waals surface area contributed by atoms with E-state index in [4.69, 9.17) is 5.10 Å². The molecule has 3 aromatic carbocycles. The second kappa shape index (κ2) is 10.3. The number of amides is 2. The first kappa shape index (κ1) is 24.8. The molecule has 37 heavy (non-hydrogen) atoms. The summed E-state index contributed by atoms with van der Waals surface area (Å²) in [7, 11) is 0. The monoisotopic (exact) mass is 518 g/mol. The highest BCUT2D eigenvalue weighted by Crippen LogP contribution is 2.38. The maximum atomic E-state index is 13.6. The fourth-order valence-corrected chi connectivity index (χ4v) is 5.31. The number of aliphatic imine (C=N–C) groups is 1. The molecule has 2 atom stereocenters. The van der Waals surface area contributed by atoms with Crippen molar-refractivity contribution in [3.8, 4) is 0 Å². The van der Waals surface area contributed by atoms with Gasteiger partial charge in [-0.3, -0.25) is 9.59 Å². The summed E-state index contributed by atoms with van der Waals surface area (Å²) in [5.41, 5.74) is 5.10. The van der Waals surface area contributed by atoms with Gasteiger partial charge in [0.1, 0.15) is 16.9 Å². The van der Waals surface area contributed by atoms with Crippen LogP contribution in [0.1, 0.15) is 41.1 Å². The average molecular weight is 519 g/mol. The van der Waals surface area contributed by atoms with E-state index in [1.165, 1.54) is 36.0 Å². The van der Waals surface area contributed by atoms with Crippen molar-refractivity contribution in [2.75, 3.05) is 5.32 Å². The molecule has 5 rings (SSSR count). The first-order chi connectivity index (χ1) is 17.8. The van der Waals surface area contributed by atoms with Gasteiger partial charge < -0.3 is 5.32 Å². The van der Waals surface area contributed by atoms with Crippen LogP contribution < -0.4 is 5.32 Å². The number of hydrazone groups is 1. The van der Waals surface area contributed by atoms with Crippen LogP contribution in [0.15, 0.2) is 76.8 Å².